The van der Waals surface area contributed by atoms with Crippen molar-refractivity contribution in [1.82, 2.24) is 14.9 Å². The summed E-state index contributed by atoms with van der Waals surface area (Å²) in [5.74, 6) is 0.366. The molecule has 454 valence electrons. The van der Waals surface area contributed by atoms with Gasteiger partial charge in [0.1, 0.15) is 11.5 Å². The van der Waals surface area contributed by atoms with E-state index in [2.05, 4.69) is 27.3 Å². The molecule has 5 nitrogen and oxygen atoms in total. The fraction of sp³-hybridized carbons (Fsp3) is 0.789. The summed E-state index contributed by atoms with van der Waals surface area (Å²) in [6.45, 7) is 3.04. The number of carbonyl (C=O) groups excluding carboxylic acids is 1. The summed E-state index contributed by atoms with van der Waals surface area (Å²) in [5.41, 5.74) is 0.938. The summed E-state index contributed by atoms with van der Waals surface area (Å²) < 4.78 is 40.7. The Bertz CT molecular complexity index is 1950. The van der Waals surface area contributed by atoms with E-state index >= 15 is 4.79 Å². The smallest absolute Gasteiger partial charge is 0.368 e. The molecule has 80 heavy (non-hydrogen) atoms. The topological polar surface area (TPSA) is 58.1 Å². The number of anilines is 1. The van der Waals surface area contributed by atoms with Crippen LogP contribution in [0.15, 0.2) is 48.7 Å². The molecule has 2 aliphatic rings. The molecule has 0 bridgehead atoms. The molecule has 3 aromatic rings. The molecule has 2 aromatic heterocycles. The molecule has 1 aliphatic carbocycles. The van der Waals surface area contributed by atoms with Crippen molar-refractivity contribution >= 4 is 23.1 Å². The van der Waals surface area contributed by atoms with Gasteiger partial charge in [-0.2, -0.15) is 13.2 Å². The number of hydrogen-bond donors (Lipinski definition) is 1. The van der Waals surface area contributed by atoms with Crippen LogP contribution in [0.1, 0.15) is 342 Å². The van der Waals surface area contributed by atoms with E-state index in [0.29, 0.717) is 24.6 Å². The third-order valence-electron chi connectivity index (χ3n) is 18.3. The first-order chi connectivity index (χ1) is 39.2. The quantitative estimate of drug-likeness (QED) is 0.277. The third kappa shape index (κ3) is 30.6. The van der Waals surface area contributed by atoms with Crippen LogP contribution >= 0.6 is 11.3 Å². The summed E-state index contributed by atoms with van der Waals surface area (Å²) >= 11 is 1.57. The van der Waals surface area contributed by atoms with Crippen LogP contribution in [0.2, 0.25) is 0 Å². The standard InChI is InChI=1S/C71H117F3N4OS/c1-62-77-67(68(80-62)63-51-47-46-48-52-63)69(79)78-58-50-45-43-41-39-37-35-33-31-29-27-25-23-21-19-17-15-13-11-9-7-5-3-2-4-6-8-10-12-14-16-18-20-22-24-26-28-30-32-34-36-38-40-42-44-49-55-70(56-57-70)59-65(78)61-76-66-54-53-64(60-75-66)71(72,73)74/h46-48,51-54,60,65H,2-45,49-50,55-59,61H2,1H3,(H,75,76). The zero-order chi connectivity index (χ0) is 56.5. The first-order valence-corrected chi connectivity index (χ1v) is 35.2. The molecule has 1 aromatic carbocycles. The molecule has 1 atom stereocenters. The Labute approximate surface area is 492 Å². The van der Waals surface area contributed by atoms with Crippen molar-refractivity contribution in [1.29, 1.82) is 0 Å². The summed E-state index contributed by atoms with van der Waals surface area (Å²) in [6.07, 6.45) is 64.1. The van der Waals surface area contributed by atoms with Crippen molar-refractivity contribution in [3.05, 3.63) is 64.9 Å². The van der Waals surface area contributed by atoms with Gasteiger partial charge in [-0.1, -0.05) is 319 Å². The highest BCUT2D eigenvalue weighted by molar-refractivity contribution is 7.15. The van der Waals surface area contributed by atoms with Gasteiger partial charge in [0.05, 0.1) is 15.4 Å². The first-order valence-electron chi connectivity index (χ1n) is 34.4. The lowest BCUT2D eigenvalue weighted by Gasteiger charge is -2.35. The molecule has 1 spiro atoms. The number of hydrogen-bond acceptors (Lipinski definition) is 5. The van der Waals surface area contributed by atoms with E-state index in [1.807, 2.05) is 25.1 Å². The van der Waals surface area contributed by atoms with E-state index < -0.39 is 11.7 Å². The van der Waals surface area contributed by atoms with E-state index in [-0.39, 0.29) is 17.4 Å². The number of nitrogens with one attached hydrogen (secondary N) is 1. The monoisotopic (exact) mass is 1130 g/mol. The van der Waals surface area contributed by atoms with E-state index in [0.717, 1.165) is 72.7 Å². The normalized spacial score (nSPS) is 22.0. The number of pyridine rings is 1. The second-order valence-corrected chi connectivity index (χ2v) is 26.7. The van der Waals surface area contributed by atoms with Crippen molar-refractivity contribution in [3.63, 3.8) is 0 Å². The lowest BCUT2D eigenvalue weighted by atomic mass is 9.89. The fourth-order valence-electron chi connectivity index (χ4n) is 12.9. The number of thiazole rings is 1. The molecule has 5 rings (SSSR count). The number of aryl methyl sites for hydroxylation is 1. The van der Waals surface area contributed by atoms with Gasteiger partial charge in [-0.25, -0.2) is 9.97 Å². The first kappa shape index (κ1) is 67.8. The van der Waals surface area contributed by atoms with Gasteiger partial charge in [-0.05, 0) is 62.1 Å². The Morgan fingerprint density at radius 3 is 1.21 bits per heavy atom. The Kier molecular flexibility index (Phi) is 36.3. The third-order valence-corrected chi connectivity index (χ3v) is 19.3. The maximum atomic E-state index is 15.2. The van der Waals surface area contributed by atoms with Crippen LogP contribution in [0.25, 0.3) is 10.4 Å². The average molecular weight is 1130 g/mol. The highest BCUT2D eigenvalue weighted by Gasteiger charge is 2.45. The van der Waals surface area contributed by atoms with E-state index in [9.17, 15) is 13.2 Å². The zero-order valence-corrected chi connectivity index (χ0v) is 52.1. The molecule has 1 amide bonds. The Morgan fingerprint density at radius 1 is 0.512 bits per heavy atom. The summed E-state index contributed by atoms with van der Waals surface area (Å²) in [7, 11) is 0. The molecule has 9 heteroatoms. The van der Waals surface area contributed by atoms with Gasteiger partial charge in [0.2, 0.25) is 0 Å². The Balaban J connectivity index is 1.11. The van der Waals surface area contributed by atoms with Crippen LogP contribution in [0.4, 0.5) is 19.0 Å². The Hall–Kier alpha value is -2.94. The molecule has 1 saturated heterocycles. The molecule has 3 heterocycles. The van der Waals surface area contributed by atoms with E-state index in [1.165, 1.54) is 282 Å². The summed E-state index contributed by atoms with van der Waals surface area (Å²) in [6, 6.07) is 12.5. The maximum Gasteiger partial charge on any atom is 0.417 e. The van der Waals surface area contributed by atoms with E-state index in [1.54, 1.807) is 11.3 Å². The minimum absolute atomic E-state index is 0.0366. The van der Waals surface area contributed by atoms with Gasteiger partial charge in [-0.3, -0.25) is 4.79 Å². The van der Waals surface area contributed by atoms with Crippen LogP contribution in [0.5, 0.6) is 0 Å². The lowest BCUT2D eigenvalue weighted by Crippen LogP contribution is -2.46. The SMILES string of the molecule is Cc1nc(C(=O)N2CCCCCCCCCCCCCCCCCCCCCCCCCCCCCCCCCCCCCCCCCCCCCCCCC3(CC3)CC2CNc2ccc(C(F)(F)F)cn2)c(-c2ccccc2)s1. The lowest BCUT2D eigenvalue weighted by molar-refractivity contribution is -0.137. The number of benzene rings is 1. The summed E-state index contributed by atoms with van der Waals surface area (Å²) in [5, 5.41) is 4.29. The minimum Gasteiger partial charge on any atom is -0.368 e. The highest BCUT2D eigenvalue weighted by atomic mass is 32.1. The molecule has 1 saturated carbocycles. The van der Waals surface area contributed by atoms with Crippen LogP contribution < -0.4 is 5.32 Å². The summed E-state index contributed by atoms with van der Waals surface area (Å²) in [4.78, 5) is 27.3. The van der Waals surface area contributed by atoms with Crippen molar-refractivity contribution < 1.29 is 18.0 Å². The number of rotatable bonds is 5. The molecule has 2 fully saturated rings. The second-order valence-electron chi connectivity index (χ2n) is 25.5. The van der Waals surface area contributed by atoms with Gasteiger partial charge in [-0.15, -0.1) is 11.3 Å². The number of alkyl halides is 3. The molecule has 0 radical (unpaired) electrons. The van der Waals surface area contributed by atoms with Crippen molar-refractivity contribution in [2.75, 3.05) is 18.4 Å². The predicted octanol–water partition coefficient (Wildman–Crippen LogP) is 24.0. The van der Waals surface area contributed by atoms with Crippen LogP contribution in [-0.4, -0.2) is 39.9 Å². The van der Waals surface area contributed by atoms with E-state index in [4.69, 9.17) is 4.98 Å². The van der Waals surface area contributed by atoms with Crippen LogP contribution in [-0.2, 0) is 6.18 Å². The molecule has 1 unspecified atom stereocenters. The maximum absolute atomic E-state index is 15.2. The molecular formula is C71H117F3N4OS. The highest BCUT2D eigenvalue weighted by Crippen LogP contribution is 2.54. The number of amides is 1. The second kappa shape index (κ2) is 42.8. The van der Waals surface area contributed by atoms with Crippen molar-refractivity contribution in [3.8, 4) is 10.4 Å². The van der Waals surface area contributed by atoms with Crippen LogP contribution in [0, 0.1) is 12.3 Å². The van der Waals surface area contributed by atoms with Crippen molar-refractivity contribution in [2.45, 2.75) is 340 Å². The Morgan fingerprint density at radius 2 is 0.875 bits per heavy atom. The minimum atomic E-state index is -4.45. The average Bonchev–Trinajstić information content (AvgIpc) is 4.17. The number of carbonyl (C=O) groups is 1. The molecule has 1 aliphatic heterocycles. The van der Waals surface area contributed by atoms with Gasteiger partial charge in [0.25, 0.3) is 5.91 Å². The van der Waals surface area contributed by atoms with Crippen molar-refractivity contribution in [2.24, 2.45) is 5.41 Å². The zero-order valence-electron chi connectivity index (χ0n) is 51.3. The largest absolute Gasteiger partial charge is 0.417 e. The molecular weight excluding hydrogens is 1010 g/mol. The van der Waals surface area contributed by atoms with Gasteiger partial charge >= 0.3 is 6.18 Å². The fourth-order valence-corrected chi connectivity index (χ4v) is 13.8. The number of aromatic nitrogens is 2. The molecule has 1 N–H and O–H groups in total. The van der Waals surface area contributed by atoms with Gasteiger partial charge in [0.15, 0.2) is 0 Å². The number of nitrogens with zero attached hydrogens (tertiary/aromatic N) is 3. The number of halogens is 3. The van der Waals surface area contributed by atoms with Gasteiger partial charge < -0.3 is 10.2 Å². The van der Waals surface area contributed by atoms with Crippen LogP contribution in [0.3, 0.4) is 0 Å². The van der Waals surface area contributed by atoms with Gasteiger partial charge in [0, 0.05) is 25.3 Å². The predicted molar refractivity (Wildman–Crippen MR) is 338 cm³/mol.